The van der Waals surface area contributed by atoms with Crippen LogP contribution < -0.4 is 15.4 Å². The number of halogens is 1. The average molecular weight is 468 g/mol. The van der Waals surface area contributed by atoms with Gasteiger partial charge in [-0.1, -0.05) is 42.5 Å². The topological polar surface area (TPSA) is 84.5 Å². The molecule has 0 aromatic heterocycles. The number of rotatable bonds is 8. The van der Waals surface area contributed by atoms with Crippen LogP contribution in [0.4, 0.5) is 15.8 Å². The molecule has 4 aromatic rings. The summed E-state index contributed by atoms with van der Waals surface area (Å²) in [5.41, 5.74) is 1.74. The maximum Gasteiger partial charge on any atom is 0.262 e. The zero-order valence-corrected chi connectivity index (χ0v) is 18.5. The van der Waals surface area contributed by atoms with Gasteiger partial charge < -0.3 is 15.4 Å². The Labute approximate surface area is 201 Å². The van der Waals surface area contributed by atoms with Crippen molar-refractivity contribution in [2.45, 2.75) is 0 Å². The molecule has 2 amide bonds. The highest BCUT2D eigenvalue weighted by Crippen LogP contribution is 2.21. The molecule has 4 rings (SSSR count). The van der Waals surface area contributed by atoms with Crippen LogP contribution in [-0.2, 0) is 4.79 Å². The smallest absolute Gasteiger partial charge is 0.262 e. The minimum Gasteiger partial charge on any atom is -0.484 e. The summed E-state index contributed by atoms with van der Waals surface area (Å²) in [5, 5.41) is 5.48. The van der Waals surface area contributed by atoms with E-state index >= 15 is 0 Å². The summed E-state index contributed by atoms with van der Waals surface area (Å²) in [6.07, 6.45) is 0. The van der Waals surface area contributed by atoms with Gasteiger partial charge in [-0.25, -0.2) is 4.39 Å². The first kappa shape index (κ1) is 23.4. The number of hydrogen-bond acceptors (Lipinski definition) is 4. The Balaban J connectivity index is 1.42. The molecule has 0 bridgehead atoms. The predicted octanol–water partition coefficient (Wildman–Crippen LogP) is 5.33. The molecular weight excluding hydrogens is 447 g/mol. The molecule has 0 aliphatic rings. The Morgan fingerprint density at radius 2 is 1.34 bits per heavy atom. The van der Waals surface area contributed by atoms with Crippen molar-refractivity contribution in [1.82, 2.24) is 0 Å². The molecule has 0 heterocycles. The fraction of sp³-hybridized carbons (Fsp3) is 0.0357. The lowest BCUT2D eigenvalue weighted by atomic mass is 9.98. The Hall–Kier alpha value is -4.78. The SMILES string of the molecule is O=C(COc1cccc(NC(=O)c2ccccc2C(=O)c2ccc(F)cc2)c1)Nc1ccccc1. The van der Waals surface area contributed by atoms with Gasteiger partial charge in [0, 0.05) is 28.6 Å². The maximum absolute atomic E-state index is 13.2. The van der Waals surface area contributed by atoms with Crippen molar-refractivity contribution in [3.05, 3.63) is 126 Å². The molecule has 0 saturated carbocycles. The molecule has 0 atom stereocenters. The highest BCUT2D eigenvalue weighted by Gasteiger charge is 2.18. The molecule has 7 heteroatoms. The van der Waals surface area contributed by atoms with Gasteiger partial charge in [0.05, 0.1) is 5.56 Å². The fourth-order valence-electron chi connectivity index (χ4n) is 3.37. The van der Waals surface area contributed by atoms with Gasteiger partial charge in [-0.05, 0) is 54.6 Å². The first-order valence-electron chi connectivity index (χ1n) is 10.8. The van der Waals surface area contributed by atoms with Crippen LogP contribution in [0.5, 0.6) is 5.75 Å². The van der Waals surface area contributed by atoms with Crippen LogP contribution in [0.1, 0.15) is 26.3 Å². The second kappa shape index (κ2) is 10.9. The fourth-order valence-corrected chi connectivity index (χ4v) is 3.37. The average Bonchev–Trinajstić information content (AvgIpc) is 2.88. The molecule has 2 N–H and O–H groups in total. The molecule has 0 unspecified atom stereocenters. The van der Waals surface area contributed by atoms with Gasteiger partial charge in [-0.3, -0.25) is 14.4 Å². The van der Waals surface area contributed by atoms with Gasteiger partial charge in [0.1, 0.15) is 11.6 Å². The molecule has 35 heavy (non-hydrogen) atoms. The monoisotopic (exact) mass is 468 g/mol. The van der Waals surface area contributed by atoms with Crippen LogP contribution in [0.3, 0.4) is 0 Å². The van der Waals surface area contributed by atoms with Crippen molar-refractivity contribution in [3.8, 4) is 5.75 Å². The second-order valence-electron chi connectivity index (χ2n) is 7.57. The number of nitrogens with one attached hydrogen (secondary N) is 2. The molecule has 0 aliphatic carbocycles. The molecule has 6 nitrogen and oxygen atoms in total. The summed E-state index contributed by atoms with van der Waals surface area (Å²) in [6, 6.07) is 27.1. The lowest BCUT2D eigenvalue weighted by Crippen LogP contribution is -2.20. The summed E-state index contributed by atoms with van der Waals surface area (Å²) < 4.78 is 18.8. The third kappa shape index (κ3) is 6.17. The summed E-state index contributed by atoms with van der Waals surface area (Å²) in [7, 11) is 0. The molecule has 174 valence electrons. The van der Waals surface area contributed by atoms with E-state index in [4.69, 9.17) is 4.74 Å². The van der Waals surface area contributed by atoms with Gasteiger partial charge in [0.15, 0.2) is 12.4 Å². The van der Waals surface area contributed by atoms with Crippen molar-refractivity contribution in [2.75, 3.05) is 17.2 Å². The standard InChI is InChI=1S/C28H21FN2O4/c29-20-15-13-19(14-16-20)27(33)24-11-4-5-12-25(24)28(34)31-22-9-6-10-23(17-22)35-18-26(32)30-21-7-2-1-3-8-21/h1-17H,18H2,(H,30,32)(H,31,34). The highest BCUT2D eigenvalue weighted by molar-refractivity contribution is 6.17. The van der Waals surface area contributed by atoms with Gasteiger partial charge >= 0.3 is 0 Å². The van der Waals surface area contributed by atoms with Crippen LogP contribution in [0.2, 0.25) is 0 Å². The van der Waals surface area contributed by atoms with Crippen molar-refractivity contribution < 1.29 is 23.5 Å². The van der Waals surface area contributed by atoms with E-state index in [9.17, 15) is 18.8 Å². The van der Waals surface area contributed by atoms with E-state index in [-0.39, 0.29) is 29.2 Å². The Kier molecular flexibility index (Phi) is 7.28. The molecule has 0 saturated heterocycles. The molecule has 4 aromatic carbocycles. The lowest BCUT2D eigenvalue weighted by Gasteiger charge is -2.11. The minimum atomic E-state index is -0.491. The third-order valence-corrected chi connectivity index (χ3v) is 5.04. The number of anilines is 2. The summed E-state index contributed by atoms with van der Waals surface area (Å²) in [6.45, 7) is -0.207. The van der Waals surface area contributed by atoms with E-state index in [1.807, 2.05) is 18.2 Å². The number of benzene rings is 4. The van der Waals surface area contributed by atoms with E-state index in [2.05, 4.69) is 10.6 Å². The number of para-hydroxylation sites is 1. The van der Waals surface area contributed by atoms with Gasteiger partial charge in [0.25, 0.3) is 11.8 Å². The van der Waals surface area contributed by atoms with Gasteiger partial charge in [0.2, 0.25) is 0 Å². The quantitative estimate of drug-likeness (QED) is 0.343. The number of hydrogen-bond donors (Lipinski definition) is 2. The Bertz CT molecular complexity index is 1360. The van der Waals surface area contributed by atoms with Crippen LogP contribution in [0.25, 0.3) is 0 Å². The van der Waals surface area contributed by atoms with Gasteiger partial charge in [-0.2, -0.15) is 0 Å². The lowest BCUT2D eigenvalue weighted by molar-refractivity contribution is -0.118. The van der Waals surface area contributed by atoms with Crippen LogP contribution in [0, 0.1) is 5.82 Å². The first-order chi connectivity index (χ1) is 17.0. The number of amides is 2. The van der Waals surface area contributed by atoms with Gasteiger partial charge in [-0.15, -0.1) is 0 Å². The van der Waals surface area contributed by atoms with Crippen molar-refractivity contribution in [2.24, 2.45) is 0 Å². The number of ether oxygens (including phenoxy) is 1. The van der Waals surface area contributed by atoms with Crippen molar-refractivity contribution in [3.63, 3.8) is 0 Å². The van der Waals surface area contributed by atoms with Crippen LogP contribution in [-0.4, -0.2) is 24.2 Å². The minimum absolute atomic E-state index is 0.176. The van der Waals surface area contributed by atoms with E-state index in [0.29, 0.717) is 17.1 Å². The normalized spacial score (nSPS) is 10.3. The van der Waals surface area contributed by atoms with Crippen molar-refractivity contribution >= 4 is 29.0 Å². The zero-order chi connectivity index (χ0) is 24.6. The molecule has 0 radical (unpaired) electrons. The largest absolute Gasteiger partial charge is 0.484 e. The highest BCUT2D eigenvalue weighted by atomic mass is 19.1. The molecule has 0 aliphatic heterocycles. The maximum atomic E-state index is 13.2. The van der Waals surface area contributed by atoms with Crippen LogP contribution in [0.15, 0.2) is 103 Å². The summed E-state index contributed by atoms with van der Waals surface area (Å²) >= 11 is 0. The molecule has 0 spiro atoms. The van der Waals surface area contributed by atoms with Crippen molar-refractivity contribution in [1.29, 1.82) is 0 Å². The number of carbonyl (C=O) groups is 3. The van der Waals surface area contributed by atoms with Crippen LogP contribution >= 0.6 is 0 Å². The predicted molar refractivity (Wildman–Crippen MR) is 131 cm³/mol. The van der Waals surface area contributed by atoms with E-state index in [0.717, 1.165) is 0 Å². The molecular formula is C28H21FN2O4. The second-order valence-corrected chi connectivity index (χ2v) is 7.57. The number of carbonyl (C=O) groups excluding carboxylic acids is 3. The Morgan fingerprint density at radius 3 is 2.09 bits per heavy atom. The summed E-state index contributed by atoms with van der Waals surface area (Å²) in [4.78, 5) is 38.0. The third-order valence-electron chi connectivity index (χ3n) is 5.04. The first-order valence-corrected chi connectivity index (χ1v) is 10.8. The van der Waals surface area contributed by atoms with E-state index in [1.54, 1.807) is 60.7 Å². The molecule has 0 fully saturated rings. The summed E-state index contributed by atoms with van der Waals surface area (Å²) in [5.74, 6) is -1.26. The zero-order valence-electron chi connectivity index (χ0n) is 18.5. The Morgan fingerprint density at radius 1 is 0.686 bits per heavy atom. The number of ketones is 1. The van der Waals surface area contributed by atoms with E-state index < -0.39 is 17.5 Å². The van der Waals surface area contributed by atoms with E-state index in [1.165, 1.54) is 24.3 Å².